The van der Waals surface area contributed by atoms with E-state index in [1.165, 1.54) is 6.42 Å². The highest BCUT2D eigenvalue weighted by molar-refractivity contribution is 5.93. The number of hydrogen-bond donors (Lipinski definition) is 3. The average molecular weight is 413 g/mol. The van der Waals surface area contributed by atoms with E-state index in [4.69, 9.17) is 9.94 Å². The largest absolute Gasteiger partial charge is 0.497 e. The fraction of sp³-hybridized carbons (Fsp3) is 0.458. The molecule has 2 aromatic carbocycles. The molecular weight excluding hydrogens is 380 g/mol. The summed E-state index contributed by atoms with van der Waals surface area (Å²) in [7, 11) is 3.71. The fourth-order valence-corrected chi connectivity index (χ4v) is 4.45. The molecule has 0 bridgehead atoms. The molecule has 0 aromatic heterocycles. The topological polar surface area (TPSA) is 82.0 Å². The van der Waals surface area contributed by atoms with Gasteiger partial charge in [0.2, 0.25) is 0 Å². The number of amides is 1. The van der Waals surface area contributed by atoms with Crippen LogP contribution in [0, 0.1) is 0 Å². The highest BCUT2D eigenvalue weighted by Crippen LogP contribution is 2.40. The quantitative estimate of drug-likeness (QED) is 0.455. The van der Waals surface area contributed by atoms with E-state index in [-0.39, 0.29) is 5.92 Å². The van der Waals surface area contributed by atoms with Crippen molar-refractivity contribution in [2.75, 3.05) is 20.7 Å². The molecule has 2 aromatic rings. The number of likely N-dealkylation sites (N-methyl/N-ethyl adjacent to an activating group) is 1. The molecule has 1 aliphatic rings. The Morgan fingerprint density at radius 2 is 1.73 bits per heavy atom. The van der Waals surface area contributed by atoms with Crippen LogP contribution < -0.4 is 10.2 Å². The van der Waals surface area contributed by atoms with Crippen LogP contribution in [-0.2, 0) is 6.54 Å². The zero-order valence-corrected chi connectivity index (χ0v) is 17.8. The minimum absolute atomic E-state index is 0.00754. The van der Waals surface area contributed by atoms with Crippen LogP contribution in [0.1, 0.15) is 59.5 Å². The highest BCUT2D eigenvalue weighted by Gasteiger charge is 2.39. The second-order valence-corrected chi connectivity index (χ2v) is 8.32. The first-order chi connectivity index (χ1) is 14.4. The molecule has 162 valence electrons. The molecule has 0 saturated heterocycles. The van der Waals surface area contributed by atoms with Crippen LogP contribution in [-0.4, -0.2) is 47.4 Å². The normalized spacial score (nSPS) is 16.8. The third-order valence-corrected chi connectivity index (χ3v) is 6.15. The summed E-state index contributed by atoms with van der Waals surface area (Å²) >= 11 is 0. The maximum atomic E-state index is 11.5. The van der Waals surface area contributed by atoms with Crippen LogP contribution in [0.15, 0.2) is 48.5 Å². The molecule has 3 rings (SSSR count). The first-order valence-electron chi connectivity index (χ1n) is 10.5. The number of benzene rings is 2. The van der Waals surface area contributed by atoms with Crippen molar-refractivity contribution < 1.29 is 19.8 Å². The molecular formula is C24H32N2O4. The van der Waals surface area contributed by atoms with E-state index in [0.29, 0.717) is 12.1 Å². The Labute approximate surface area is 178 Å². The van der Waals surface area contributed by atoms with E-state index in [2.05, 4.69) is 24.1 Å². The van der Waals surface area contributed by atoms with Gasteiger partial charge in [-0.25, -0.2) is 5.48 Å². The van der Waals surface area contributed by atoms with E-state index in [0.717, 1.165) is 49.1 Å². The van der Waals surface area contributed by atoms with E-state index < -0.39 is 11.5 Å². The van der Waals surface area contributed by atoms with Gasteiger partial charge >= 0.3 is 0 Å². The zero-order valence-electron chi connectivity index (χ0n) is 17.8. The van der Waals surface area contributed by atoms with E-state index in [9.17, 15) is 9.90 Å². The number of hydroxylamine groups is 1. The Kier molecular flexibility index (Phi) is 7.48. The van der Waals surface area contributed by atoms with Gasteiger partial charge in [0.25, 0.3) is 5.91 Å². The number of nitrogens with zero attached hydrogens (tertiary/aromatic N) is 1. The van der Waals surface area contributed by atoms with Crippen LogP contribution in [0.25, 0.3) is 0 Å². The van der Waals surface area contributed by atoms with Crippen LogP contribution in [0.2, 0.25) is 0 Å². The predicted molar refractivity (Wildman–Crippen MR) is 116 cm³/mol. The number of aliphatic hydroxyl groups is 1. The molecule has 1 atom stereocenters. The summed E-state index contributed by atoms with van der Waals surface area (Å²) in [6.45, 7) is 1.42. The van der Waals surface area contributed by atoms with Gasteiger partial charge < -0.3 is 14.7 Å². The molecule has 1 fully saturated rings. The first-order valence-corrected chi connectivity index (χ1v) is 10.5. The van der Waals surface area contributed by atoms with Gasteiger partial charge in [0.05, 0.1) is 12.7 Å². The third kappa shape index (κ3) is 5.39. The van der Waals surface area contributed by atoms with Crippen LogP contribution in [0.4, 0.5) is 0 Å². The number of methoxy groups -OCH3 is 1. The molecule has 1 unspecified atom stereocenters. The lowest BCUT2D eigenvalue weighted by atomic mass is 9.72. The standard InChI is InChI=1S/C24H32N2O4/c1-26(16-18-6-8-20(9-7-18)23(27)25-29)17-22(24(28)14-4-3-5-15-24)19-10-12-21(30-2)13-11-19/h6-13,22,28-29H,3-5,14-17H2,1-2H3,(H,25,27). The number of ether oxygens (including phenoxy) is 1. The summed E-state index contributed by atoms with van der Waals surface area (Å²) in [5.41, 5.74) is 3.55. The molecule has 1 amide bonds. The minimum Gasteiger partial charge on any atom is -0.497 e. The second-order valence-electron chi connectivity index (χ2n) is 8.32. The van der Waals surface area contributed by atoms with Gasteiger partial charge in [0, 0.05) is 24.6 Å². The zero-order chi connectivity index (χ0) is 21.6. The van der Waals surface area contributed by atoms with Gasteiger partial charge in [-0.2, -0.15) is 0 Å². The Balaban J connectivity index is 1.75. The van der Waals surface area contributed by atoms with Crippen LogP contribution >= 0.6 is 0 Å². The Bertz CT molecular complexity index is 814. The molecule has 1 saturated carbocycles. The smallest absolute Gasteiger partial charge is 0.274 e. The third-order valence-electron chi connectivity index (χ3n) is 6.15. The first kappa shape index (κ1) is 22.3. The maximum absolute atomic E-state index is 11.5. The van der Waals surface area contributed by atoms with Crippen molar-refractivity contribution in [1.29, 1.82) is 0 Å². The summed E-state index contributed by atoms with van der Waals surface area (Å²) in [6, 6.07) is 15.2. The lowest BCUT2D eigenvalue weighted by molar-refractivity contribution is -0.0297. The second kappa shape index (κ2) is 10.1. The number of hydrogen-bond acceptors (Lipinski definition) is 5. The van der Waals surface area contributed by atoms with E-state index in [1.807, 2.05) is 24.3 Å². The summed E-state index contributed by atoms with van der Waals surface area (Å²) in [4.78, 5) is 13.7. The van der Waals surface area contributed by atoms with Crippen molar-refractivity contribution in [3.8, 4) is 5.75 Å². The number of carbonyl (C=O) groups excluding carboxylic acids is 1. The average Bonchev–Trinajstić information content (AvgIpc) is 2.78. The fourth-order valence-electron chi connectivity index (χ4n) is 4.45. The minimum atomic E-state index is -0.704. The molecule has 6 heteroatoms. The molecule has 0 heterocycles. The van der Waals surface area contributed by atoms with Crippen molar-refractivity contribution >= 4 is 5.91 Å². The summed E-state index contributed by atoms with van der Waals surface area (Å²) < 4.78 is 5.30. The summed E-state index contributed by atoms with van der Waals surface area (Å²) in [5.74, 6) is 0.302. The van der Waals surface area contributed by atoms with Crippen molar-refractivity contribution in [2.45, 2.75) is 50.2 Å². The van der Waals surface area contributed by atoms with Crippen molar-refractivity contribution in [3.05, 3.63) is 65.2 Å². The van der Waals surface area contributed by atoms with E-state index >= 15 is 0 Å². The number of nitrogens with one attached hydrogen (secondary N) is 1. The molecule has 0 spiro atoms. The highest BCUT2D eigenvalue weighted by atomic mass is 16.5. The van der Waals surface area contributed by atoms with Crippen molar-refractivity contribution in [1.82, 2.24) is 10.4 Å². The lowest BCUT2D eigenvalue weighted by Crippen LogP contribution is -2.43. The molecule has 0 radical (unpaired) electrons. The number of carbonyl (C=O) groups is 1. The molecule has 0 aliphatic heterocycles. The van der Waals surface area contributed by atoms with Gasteiger partial charge in [0.1, 0.15) is 5.75 Å². The van der Waals surface area contributed by atoms with Crippen LogP contribution in [0.3, 0.4) is 0 Å². The molecule has 3 N–H and O–H groups in total. The van der Waals surface area contributed by atoms with Gasteiger partial charge in [-0.15, -0.1) is 0 Å². The van der Waals surface area contributed by atoms with Crippen molar-refractivity contribution in [2.24, 2.45) is 0 Å². The molecule has 6 nitrogen and oxygen atoms in total. The molecule has 30 heavy (non-hydrogen) atoms. The predicted octanol–water partition coefficient (Wildman–Crippen LogP) is 3.73. The van der Waals surface area contributed by atoms with Crippen LogP contribution in [0.5, 0.6) is 5.75 Å². The Morgan fingerprint density at radius 1 is 1.10 bits per heavy atom. The Hall–Kier alpha value is -2.41. The summed E-state index contributed by atoms with van der Waals surface area (Å²) in [5, 5.41) is 20.3. The Morgan fingerprint density at radius 3 is 2.30 bits per heavy atom. The molecule has 1 aliphatic carbocycles. The van der Waals surface area contributed by atoms with Gasteiger partial charge in [-0.3, -0.25) is 10.0 Å². The lowest BCUT2D eigenvalue weighted by Gasteiger charge is -2.41. The maximum Gasteiger partial charge on any atom is 0.274 e. The SMILES string of the molecule is COc1ccc(C(CN(C)Cc2ccc(C(=O)NO)cc2)C2(O)CCCCC2)cc1. The van der Waals surface area contributed by atoms with Gasteiger partial charge in [0.15, 0.2) is 0 Å². The van der Waals surface area contributed by atoms with Gasteiger partial charge in [-0.05, 0) is 55.3 Å². The summed E-state index contributed by atoms with van der Waals surface area (Å²) in [6.07, 6.45) is 4.94. The van der Waals surface area contributed by atoms with E-state index in [1.54, 1.807) is 24.7 Å². The van der Waals surface area contributed by atoms with Gasteiger partial charge in [-0.1, -0.05) is 43.5 Å². The monoisotopic (exact) mass is 412 g/mol. The number of rotatable bonds is 8. The van der Waals surface area contributed by atoms with Crippen molar-refractivity contribution in [3.63, 3.8) is 0 Å².